The monoisotopic (exact) mass is 172 g/mol. The Labute approximate surface area is 80.1 Å². The van der Waals surface area contributed by atoms with Crippen molar-refractivity contribution in [3.05, 3.63) is 12.7 Å². The van der Waals surface area contributed by atoms with E-state index in [1.54, 1.807) is 0 Å². The van der Waals surface area contributed by atoms with E-state index < -0.39 is 0 Å². The van der Waals surface area contributed by atoms with Crippen LogP contribution in [0.25, 0.3) is 0 Å². The van der Waals surface area contributed by atoms with Gasteiger partial charge in [0.15, 0.2) is 0 Å². The summed E-state index contributed by atoms with van der Waals surface area (Å²) in [6.45, 7) is 17.9. The maximum absolute atomic E-state index is 3.69. The van der Waals surface area contributed by atoms with Crippen LogP contribution in [0.15, 0.2) is 12.7 Å². The van der Waals surface area contributed by atoms with Crippen molar-refractivity contribution < 1.29 is 0 Å². The zero-order valence-corrected chi connectivity index (χ0v) is 10.2. The Morgan fingerprint density at radius 2 is 1.17 bits per heavy atom. The highest BCUT2D eigenvalue weighted by atomic mass is 14.4. The van der Waals surface area contributed by atoms with Gasteiger partial charge in [0.2, 0.25) is 0 Å². The minimum Gasteiger partial charge on any atom is -0.103 e. The number of allylic oxidation sites excluding steroid dienone is 1. The molecule has 0 saturated heterocycles. The van der Waals surface area contributed by atoms with Gasteiger partial charge in [-0.2, -0.15) is 0 Å². The highest BCUT2D eigenvalue weighted by Gasteiger charge is 2.32. The maximum atomic E-state index is 3.69. The van der Waals surface area contributed by atoms with Crippen LogP contribution in [0.2, 0.25) is 0 Å². The smallest absolute Gasteiger partial charge is 0.0149 e. The molecule has 1 rings (SSSR count). The third kappa shape index (κ3) is 12.4. The highest BCUT2D eigenvalue weighted by molar-refractivity contribution is 5.02. The molecule has 0 unspecified atom stereocenters. The summed E-state index contributed by atoms with van der Waals surface area (Å²) in [5, 5.41) is 0. The van der Waals surface area contributed by atoms with Gasteiger partial charge in [0.1, 0.15) is 0 Å². The van der Waals surface area contributed by atoms with Crippen LogP contribution < -0.4 is 0 Å². The van der Waals surface area contributed by atoms with Crippen LogP contribution in [0, 0.1) is 5.41 Å². The Morgan fingerprint density at radius 1 is 0.917 bits per heavy atom. The average molecular weight is 172 g/mol. The summed E-state index contributed by atoms with van der Waals surface area (Å²) in [5.41, 5.74) is 0.556. The van der Waals surface area contributed by atoms with Gasteiger partial charge in [-0.05, 0) is 18.3 Å². The molecule has 0 aliphatic heterocycles. The molecule has 1 aliphatic carbocycles. The van der Waals surface area contributed by atoms with E-state index >= 15 is 0 Å². The molecule has 0 heterocycles. The summed E-state index contributed by atoms with van der Waals surface area (Å²) in [6.07, 6.45) is 4.76. The van der Waals surface area contributed by atoms with E-state index in [0.29, 0.717) is 5.41 Å². The van der Waals surface area contributed by atoms with Gasteiger partial charge in [0.25, 0.3) is 0 Å². The van der Waals surface area contributed by atoms with Crippen molar-refractivity contribution in [1.29, 1.82) is 0 Å². The standard InChI is InChI=1S/C6H10.3C2H6/c1-3-6(2)4-5-6;3*1-2/h3H,1,4-5H2,2H3;3*1-2H3. The summed E-state index contributed by atoms with van der Waals surface area (Å²) in [4.78, 5) is 0. The van der Waals surface area contributed by atoms with Gasteiger partial charge in [0.05, 0.1) is 0 Å². The lowest BCUT2D eigenvalue weighted by molar-refractivity contribution is 0.750. The van der Waals surface area contributed by atoms with E-state index in [0.717, 1.165) is 0 Å². The van der Waals surface area contributed by atoms with E-state index in [4.69, 9.17) is 0 Å². The van der Waals surface area contributed by atoms with Crippen molar-refractivity contribution in [1.82, 2.24) is 0 Å². The second-order valence-electron chi connectivity index (χ2n) is 2.36. The molecule has 0 atom stereocenters. The van der Waals surface area contributed by atoms with E-state index in [1.165, 1.54) is 12.8 Å². The van der Waals surface area contributed by atoms with Gasteiger partial charge < -0.3 is 0 Å². The molecule has 76 valence electrons. The normalized spacial score (nSPS) is 14.6. The lowest BCUT2D eigenvalue weighted by Gasteiger charge is -1.90. The number of rotatable bonds is 1. The molecule has 0 nitrogen and oxygen atoms in total. The Bertz CT molecular complexity index is 68.1. The average Bonchev–Trinajstić information content (AvgIpc) is 2.95. The second-order valence-corrected chi connectivity index (χ2v) is 2.36. The van der Waals surface area contributed by atoms with Crippen LogP contribution in [0.4, 0.5) is 0 Å². The van der Waals surface area contributed by atoms with E-state index in [9.17, 15) is 0 Å². The fraction of sp³-hybridized carbons (Fsp3) is 0.833. The molecule has 1 saturated carbocycles. The van der Waals surface area contributed by atoms with E-state index in [2.05, 4.69) is 13.5 Å². The molecule has 0 N–H and O–H groups in total. The zero-order valence-electron chi connectivity index (χ0n) is 10.2. The Kier molecular flexibility index (Phi) is 19.7. The Hall–Kier alpha value is -0.260. The summed E-state index contributed by atoms with van der Waals surface area (Å²) < 4.78 is 0. The fourth-order valence-corrected chi connectivity index (χ4v) is 0.401. The third-order valence-corrected chi connectivity index (χ3v) is 1.53. The van der Waals surface area contributed by atoms with Gasteiger partial charge in [-0.3, -0.25) is 0 Å². The molecule has 0 aromatic heterocycles. The van der Waals surface area contributed by atoms with Crippen molar-refractivity contribution in [2.24, 2.45) is 5.41 Å². The van der Waals surface area contributed by atoms with Gasteiger partial charge in [-0.15, -0.1) is 6.58 Å². The summed E-state index contributed by atoms with van der Waals surface area (Å²) in [7, 11) is 0. The molecule has 1 fully saturated rings. The quantitative estimate of drug-likeness (QED) is 0.485. The third-order valence-electron chi connectivity index (χ3n) is 1.53. The molecule has 0 aromatic rings. The van der Waals surface area contributed by atoms with Crippen LogP contribution in [0.5, 0.6) is 0 Å². The second kappa shape index (κ2) is 13.3. The topological polar surface area (TPSA) is 0 Å². The molecule has 0 spiro atoms. The lowest BCUT2D eigenvalue weighted by atomic mass is 10.1. The molecule has 0 amide bonds. The first kappa shape index (κ1) is 17.7. The highest BCUT2D eigenvalue weighted by Crippen LogP contribution is 2.45. The van der Waals surface area contributed by atoms with Crippen molar-refractivity contribution in [3.63, 3.8) is 0 Å². The molecule has 0 radical (unpaired) electrons. The van der Waals surface area contributed by atoms with E-state index in [1.807, 2.05) is 47.6 Å². The molecule has 0 bridgehead atoms. The van der Waals surface area contributed by atoms with Crippen LogP contribution in [-0.4, -0.2) is 0 Å². The van der Waals surface area contributed by atoms with Gasteiger partial charge >= 0.3 is 0 Å². The first-order chi connectivity index (χ1) is 5.77. The predicted octanol–water partition coefficient (Wildman–Crippen LogP) is 5.05. The first-order valence-corrected chi connectivity index (χ1v) is 5.40. The van der Waals surface area contributed by atoms with Gasteiger partial charge in [-0.25, -0.2) is 0 Å². The van der Waals surface area contributed by atoms with Crippen molar-refractivity contribution in [2.75, 3.05) is 0 Å². The van der Waals surface area contributed by atoms with Gasteiger partial charge in [0, 0.05) is 0 Å². The number of hydrogen-bond donors (Lipinski definition) is 0. The summed E-state index contributed by atoms with van der Waals surface area (Å²) >= 11 is 0. The predicted molar refractivity (Wildman–Crippen MR) is 61.6 cm³/mol. The van der Waals surface area contributed by atoms with Crippen molar-refractivity contribution in [3.8, 4) is 0 Å². The molecule has 1 aliphatic rings. The van der Waals surface area contributed by atoms with E-state index in [-0.39, 0.29) is 0 Å². The van der Waals surface area contributed by atoms with Crippen LogP contribution >= 0.6 is 0 Å². The number of hydrogen-bond acceptors (Lipinski definition) is 0. The first-order valence-electron chi connectivity index (χ1n) is 5.40. The Balaban J connectivity index is -0.000000117. The lowest BCUT2D eigenvalue weighted by Crippen LogP contribution is -1.79. The SMILES string of the molecule is C=CC1(C)CC1.CC.CC.CC. The van der Waals surface area contributed by atoms with Crippen LogP contribution in [0.1, 0.15) is 61.3 Å². The largest absolute Gasteiger partial charge is 0.103 e. The van der Waals surface area contributed by atoms with Crippen LogP contribution in [-0.2, 0) is 0 Å². The molecule has 12 heavy (non-hydrogen) atoms. The van der Waals surface area contributed by atoms with Crippen LogP contribution in [0.3, 0.4) is 0 Å². The summed E-state index contributed by atoms with van der Waals surface area (Å²) in [6, 6.07) is 0. The maximum Gasteiger partial charge on any atom is -0.0149 e. The van der Waals surface area contributed by atoms with Crippen molar-refractivity contribution >= 4 is 0 Å². The minimum atomic E-state index is 0.556. The minimum absolute atomic E-state index is 0.556. The molecular weight excluding hydrogens is 144 g/mol. The zero-order chi connectivity index (χ0) is 10.6. The Morgan fingerprint density at radius 3 is 1.17 bits per heavy atom. The molecular formula is C12H28. The molecule has 0 heteroatoms. The van der Waals surface area contributed by atoms with Gasteiger partial charge in [-0.1, -0.05) is 54.5 Å². The summed E-state index contributed by atoms with van der Waals surface area (Å²) in [5.74, 6) is 0. The van der Waals surface area contributed by atoms with Crippen molar-refractivity contribution in [2.45, 2.75) is 61.3 Å². The fourth-order valence-electron chi connectivity index (χ4n) is 0.401. The molecule has 0 aromatic carbocycles.